The monoisotopic (exact) mass is 280 g/mol. The number of esters is 2. The van der Waals surface area contributed by atoms with E-state index in [9.17, 15) is 9.59 Å². The molecule has 0 amide bonds. The number of carbonyl (C=O) groups excluding carboxylic acids is 2. The minimum Gasteiger partial charge on any atom is -0.461 e. The molecule has 0 N–H and O–H groups in total. The summed E-state index contributed by atoms with van der Waals surface area (Å²) in [7, 11) is 0. The fourth-order valence-electron chi connectivity index (χ4n) is 4.52. The summed E-state index contributed by atoms with van der Waals surface area (Å²) in [6.45, 7) is 7.84. The molecule has 1 saturated heterocycles. The average Bonchev–Trinajstić information content (AvgIpc) is 2.84. The molecule has 3 fully saturated rings. The first-order chi connectivity index (χ1) is 9.26. The van der Waals surface area contributed by atoms with Gasteiger partial charge in [0.2, 0.25) is 0 Å². The van der Waals surface area contributed by atoms with Gasteiger partial charge in [0.25, 0.3) is 0 Å². The Morgan fingerprint density at radius 1 is 1.40 bits per heavy atom. The van der Waals surface area contributed by atoms with Gasteiger partial charge in [-0.05, 0) is 45.4 Å². The Morgan fingerprint density at radius 3 is 2.75 bits per heavy atom. The lowest BCUT2D eigenvalue weighted by molar-refractivity contribution is -0.163. The minimum atomic E-state index is -0.515. The third kappa shape index (κ3) is 1.73. The third-order valence-electron chi connectivity index (χ3n) is 5.65. The van der Waals surface area contributed by atoms with E-state index < -0.39 is 5.41 Å². The van der Waals surface area contributed by atoms with E-state index in [-0.39, 0.29) is 36.0 Å². The molecule has 0 radical (unpaired) electrons. The number of cyclic esters (lactones) is 1. The van der Waals surface area contributed by atoms with E-state index in [2.05, 4.69) is 6.92 Å². The van der Waals surface area contributed by atoms with Crippen LogP contribution in [0, 0.1) is 28.6 Å². The molecule has 0 spiro atoms. The molecule has 5 atom stereocenters. The van der Waals surface area contributed by atoms with Gasteiger partial charge in [-0.2, -0.15) is 0 Å². The van der Waals surface area contributed by atoms with E-state index in [1.54, 1.807) is 0 Å². The van der Waals surface area contributed by atoms with Crippen molar-refractivity contribution in [2.75, 3.05) is 6.61 Å². The van der Waals surface area contributed by atoms with Crippen LogP contribution in [0.4, 0.5) is 0 Å². The van der Waals surface area contributed by atoms with Crippen LogP contribution >= 0.6 is 0 Å². The fraction of sp³-hybridized carbons (Fsp3) is 0.875. The van der Waals surface area contributed by atoms with Gasteiger partial charge in [0, 0.05) is 5.41 Å². The number of hydrogen-bond donors (Lipinski definition) is 0. The van der Waals surface area contributed by atoms with Crippen LogP contribution < -0.4 is 0 Å². The van der Waals surface area contributed by atoms with Gasteiger partial charge in [0.15, 0.2) is 0 Å². The number of hydrogen-bond acceptors (Lipinski definition) is 4. The lowest BCUT2D eigenvalue weighted by Gasteiger charge is -2.53. The topological polar surface area (TPSA) is 52.6 Å². The first-order valence-electron chi connectivity index (χ1n) is 7.64. The lowest BCUT2D eigenvalue weighted by Crippen LogP contribution is -2.56. The van der Waals surface area contributed by atoms with Crippen molar-refractivity contribution in [3.8, 4) is 0 Å². The van der Waals surface area contributed by atoms with Crippen LogP contribution in [0.2, 0.25) is 0 Å². The number of fused-ring (bicyclic) bond motifs is 4. The van der Waals surface area contributed by atoms with Crippen molar-refractivity contribution >= 4 is 11.9 Å². The van der Waals surface area contributed by atoms with Crippen molar-refractivity contribution in [2.24, 2.45) is 28.6 Å². The van der Waals surface area contributed by atoms with Gasteiger partial charge in [-0.25, -0.2) is 0 Å². The first kappa shape index (κ1) is 13.9. The highest BCUT2D eigenvalue weighted by Gasteiger charge is 2.71. The van der Waals surface area contributed by atoms with Crippen molar-refractivity contribution < 1.29 is 19.1 Å². The highest BCUT2D eigenvalue weighted by Crippen LogP contribution is 2.68. The zero-order valence-corrected chi connectivity index (χ0v) is 12.8. The van der Waals surface area contributed by atoms with Crippen molar-refractivity contribution in [1.29, 1.82) is 0 Å². The van der Waals surface area contributed by atoms with Crippen LogP contribution in [-0.2, 0) is 19.1 Å². The van der Waals surface area contributed by atoms with E-state index in [0.29, 0.717) is 11.8 Å². The van der Waals surface area contributed by atoms with Crippen LogP contribution in [0.15, 0.2) is 0 Å². The maximum Gasteiger partial charge on any atom is 0.311 e. The summed E-state index contributed by atoms with van der Waals surface area (Å²) < 4.78 is 10.9. The fourth-order valence-corrected chi connectivity index (χ4v) is 4.52. The van der Waals surface area contributed by atoms with Gasteiger partial charge < -0.3 is 9.47 Å². The summed E-state index contributed by atoms with van der Waals surface area (Å²) in [6.07, 6.45) is 3.28. The normalized spacial score (nSPS) is 42.5. The molecular formula is C16H24O4. The SMILES string of the molecule is CC(C)(C)C(=O)OCC1OC(=O)[C@H]2[C@@H]3CCC[C@@H]3[C@@]12C. The highest BCUT2D eigenvalue weighted by molar-refractivity contribution is 5.79. The number of carbonyl (C=O) groups is 2. The number of ether oxygens (including phenoxy) is 2. The molecule has 4 heteroatoms. The Hall–Kier alpha value is -1.06. The summed E-state index contributed by atoms with van der Waals surface area (Å²) in [5.74, 6) is 0.803. The molecule has 1 aliphatic heterocycles. The summed E-state index contributed by atoms with van der Waals surface area (Å²) in [5, 5.41) is 0. The zero-order valence-electron chi connectivity index (χ0n) is 12.8. The molecule has 3 aliphatic rings. The van der Waals surface area contributed by atoms with Crippen LogP contribution in [0.25, 0.3) is 0 Å². The molecule has 1 heterocycles. The van der Waals surface area contributed by atoms with Crippen LogP contribution in [-0.4, -0.2) is 24.6 Å². The Labute approximate surface area is 120 Å². The van der Waals surface area contributed by atoms with Gasteiger partial charge >= 0.3 is 11.9 Å². The van der Waals surface area contributed by atoms with Crippen molar-refractivity contribution in [3.63, 3.8) is 0 Å². The van der Waals surface area contributed by atoms with Gasteiger partial charge in [0.1, 0.15) is 12.7 Å². The summed E-state index contributed by atoms with van der Waals surface area (Å²) >= 11 is 0. The van der Waals surface area contributed by atoms with Crippen LogP contribution in [0.1, 0.15) is 47.0 Å². The van der Waals surface area contributed by atoms with Crippen molar-refractivity contribution in [3.05, 3.63) is 0 Å². The predicted octanol–water partition coefficient (Wildman–Crippen LogP) is 2.55. The van der Waals surface area contributed by atoms with Crippen LogP contribution in [0.3, 0.4) is 0 Å². The molecule has 112 valence electrons. The summed E-state index contributed by atoms with van der Waals surface area (Å²) in [6, 6.07) is 0. The van der Waals surface area contributed by atoms with Gasteiger partial charge in [-0.3, -0.25) is 9.59 Å². The molecule has 2 aliphatic carbocycles. The molecule has 0 aromatic carbocycles. The molecule has 2 saturated carbocycles. The molecule has 1 unspecified atom stereocenters. The second kappa shape index (κ2) is 4.22. The van der Waals surface area contributed by atoms with E-state index in [4.69, 9.17) is 9.47 Å². The maximum atomic E-state index is 12.1. The first-order valence-corrected chi connectivity index (χ1v) is 7.64. The van der Waals surface area contributed by atoms with Gasteiger partial charge in [-0.15, -0.1) is 0 Å². The Morgan fingerprint density at radius 2 is 2.10 bits per heavy atom. The van der Waals surface area contributed by atoms with E-state index >= 15 is 0 Å². The summed E-state index contributed by atoms with van der Waals surface area (Å²) in [4.78, 5) is 24.0. The van der Waals surface area contributed by atoms with E-state index in [1.165, 1.54) is 12.8 Å². The van der Waals surface area contributed by atoms with Crippen molar-refractivity contribution in [2.45, 2.75) is 53.1 Å². The third-order valence-corrected chi connectivity index (χ3v) is 5.65. The van der Waals surface area contributed by atoms with Crippen LogP contribution in [0.5, 0.6) is 0 Å². The zero-order chi connectivity index (χ0) is 14.7. The molecule has 3 rings (SSSR count). The molecule has 4 nitrogen and oxygen atoms in total. The predicted molar refractivity (Wildman–Crippen MR) is 72.7 cm³/mol. The Kier molecular flexibility index (Phi) is 2.93. The van der Waals surface area contributed by atoms with E-state index in [1.807, 2.05) is 20.8 Å². The quantitative estimate of drug-likeness (QED) is 0.729. The molecular weight excluding hydrogens is 256 g/mol. The Balaban J connectivity index is 1.69. The van der Waals surface area contributed by atoms with Crippen molar-refractivity contribution in [1.82, 2.24) is 0 Å². The van der Waals surface area contributed by atoms with E-state index in [0.717, 1.165) is 6.42 Å². The second-order valence-corrected chi connectivity index (χ2v) is 7.82. The molecule has 0 bridgehead atoms. The Bertz CT molecular complexity index is 450. The molecule has 0 aromatic rings. The standard InChI is InChI=1S/C16H24O4/c1-15(2,3)14(18)19-8-11-16(4)10-7-5-6-9(10)12(16)13(17)20-11/h9-12H,5-8H2,1-4H3/t9-,10+,11?,12-,16+/m1/s1. The molecule has 20 heavy (non-hydrogen) atoms. The largest absolute Gasteiger partial charge is 0.461 e. The maximum absolute atomic E-state index is 12.1. The summed E-state index contributed by atoms with van der Waals surface area (Å²) in [5.41, 5.74) is -0.630. The highest BCUT2D eigenvalue weighted by atomic mass is 16.6. The lowest BCUT2D eigenvalue weighted by atomic mass is 9.48. The second-order valence-electron chi connectivity index (χ2n) is 7.82. The smallest absolute Gasteiger partial charge is 0.311 e. The van der Waals surface area contributed by atoms with Gasteiger partial charge in [0.05, 0.1) is 11.3 Å². The number of rotatable bonds is 2. The average molecular weight is 280 g/mol. The minimum absolute atomic E-state index is 0.0355. The molecule has 0 aromatic heterocycles. The van der Waals surface area contributed by atoms with Gasteiger partial charge in [-0.1, -0.05) is 13.3 Å².